The van der Waals surface area contributed by atoms with Gasteiger partial charge in [-0.2, -0.15) is 0 Å². The van der Waals surface area contributed by atoms with Crippen molar-refractivity contribution in [1.29, 1.82) is 0 Å². The molecule has 0 radical (unpaired) electrons. The van der Waals surface area contributed by atoms with Gasteiger partial charge in [-0.15, -0.1) is 0 Å². The van der Waals surface area contributed by atoms with Crippen molar-refractivity contribution in [2.45, 2.75) is 189 Å². The highest BCUT2D eigenvalue weighted by Crippen LogP contribution is 2.32. The van der Waals surface area contributed by atoms with E-state index < -0.39 is 124 Å². The van der Waals surface area contributed by atoms with Crippen molar-refractivity contribution >= 4 is 5.91 Å². The van der Waals surface area contributed by atoms with E-state index in [-0.39, 0.29) is 18.9 Å². The lowest BCUT2D eigenvalue weighted by Crippen LogP contribution is -2.66. The highest BCUT2D eigenvalue weighted by Gasteiger charge is 2.53. The number of aliphatic hydroxyl groups excluding tert-OH is 11. The summed E-state index contributed by atoms with van der Waals surface area (Å²) in [4.78, 5) is 12.3. The first-order chi connectivity index (χ1) is 27.8. The van der Waals surface area contributed by atoms with Crippen LogP contribution in [0.1, 0.15) is 84.5 Å². The van der Waals surface area contributed by atoms with Gasteiger partial charge in [-0.3, -0.25) is 4.79 Å². The van der Waals surface area contributed by atoms with E-state index in [0.29, 0.717) is 6.42 Å². The summed E-state index contributed by atoms with van der Waals surface area (Å²) in [7, 11) is 0. The topological polar surface area (TPSA) is 307 Å². The molecule has 0 spiro atoms. The predicted molar refractivity (Wildman–Crippen MR) is 203 cm³/mol. The Hall–Kier alpha value is -1.73. The number of carbonyl (C=O) groups is 1. The molecule has 3 rings (SSSR count). The summed E-state index contributed by atoms with van der Waals surface area (Å²) in [6.07, 6.45) is -7.92. The van der Waals surface area contributed by atoms with E-state index in [2.05, 4.69) is 24.4 Å². The first kappa shape index (κ1) is 50.6. The zero-order valence-electron chi connectivity index (χ0n) is 33.5. The van der Waals surface area contributed by atoms with Crippen molar-refractivity contribution in [3.05, 3.63) is 24.3 Å². The van der Waals surface area contributed by atoms with Crippen molar-refractivity contribution in [2.75, 3.05) is 26.4 Å². The summed E-state index contributed by atoms with van der Waals surface area (Å²) in [5, 5.41) is 118. The highest BCUT2D eigenvalue weighted by atomic mass is 16.8. The van der Waals surface area contributed by atoms with Crippen LogP contribution in [0.5, 0.6) is 0 Å². The molecule has 3 heterocycles. The highest BCUT2D eigenvalue weighted by molar-refractivity contribution is 5.75. The Labute approximate surface area is 339 Å². The van der Waals surface area contributed by atoms with E-state index in [1.807, 2.05) is 0 Å². The van der Waals surface area contributed by atoms with E-state index in [4.69, 9.17) is 28.4 Å². The van der Waals surface area contributed by atoms with E-state index in [9.17, 15) is 61.0 Å². The Morgan fingerprint density at radius 3 is 1.66 bits per heavy atom. The molecule has 1 amide bonds. The lowest BCUT2D eigenvalue weighted by atomic mass is 9.96. The minimum atomic E-state index is -1.97. The van der Waals surface area contributed by atoms with Crippen LogP contribution in [0.2, 0.25) is 0 Å². The van der Waals surface area contributed by atoms with E-state index >= 15 is 0 Å². The Balaban J connectivity index is 1.55. The molecule has 3 fully saturated rings. The number of hydrogen-bond donors (Lipinski definition) is 12. The number of ether oxygens (including phenoxy) is 6. The maximum atomic E-state index is 12.3. The van der Waals surface area contributed by atoms with Crippen LogP contribution >= 0.6 is 0 Å². The summed E-state index contributed by atoms with van der Waals surface area (Å²) in [5.41, 5.74) is 0. The molecule has 0 aromatic carbocycles. The smallest absolute Gasteiger partial charge is 0.220 e. The van der Waals surface area contributed by atoms with Crippen LogP contribution in [0, 0.1) is 0 Å². The largest absolute Gasteiger partial charge is 0.394 e. The molecule has 0 saturated carbocycles. The minimum absolute atomic E-state index is 0.116. The van der Waals surface area contributed by atoms with Gasteiger partial charge in [-0.1, -0.05) is 76.7 Å². The molecular weight excluding hydrogens is 770 g/mol. The molecule has 58 heavy (non-hydrogen) atoms. The second kappa shape index (κ2) is 26.6. The van der Waals surface area contributed by atoms with Gasteiger partial charge in [-0.25, -0.2) is 0 Å². The monoisotopic (exact) mass is 839 g/mol. The number of carbonyl (C=O) groups excluding carboxylic acids is 1. The molecule has 0 bridgehead atoms. The standard InChI is InChI=1S/C39H69NO18/c1-3-5-6-7-8-9-10-11-12-13-14-15-16-17-23(44)22(40-27(45)4-2)21-53-37-33(51)30(48)35(25(19-42)55-37)58-39-34(52)31(49)36(26(20-43)56-39)57-38-32(50)29(47)28(46)24(18-41)54-38/h12-13,16-17,22-26,28-39,41-44,46-52H,3-11,14-15,18-21H2,1-2H3,(H,40,45)/b13-12+,17-16+. The second-order valence-electron chi connectivity index (χ2n) is 15.1. The molecule has 338 valence electrons. The van der Waals surface area contributed by atoms with E-state index in [1.165, 1.54) is 44.6 Å². The van der Waals surface area contributed by atoms with Gasteiger partial charge in [0, 0.05) is 6.42 Å². The third kappa shape index (κ3) is 14.7. The normalized spacial score (nSPS) is 37.0. The van der Waals surface area contributed by atoms with Gasteiger partial charge in [0.25, 0.3) is 0 Å². The minimum Gasteiger partial charge on any atom is -0.394 e. The average molecular weight is 840 g/mol. The number of aliphatic hydroxyl groups is 11. The molecular formula is C39H69NO18. The number of nitrogens with one attached hydrogen (secondary N) is 1. The van der Waals surface area contributed by atoms with Gasteiger partial charge < -0.3 is 89.9 Å². The lowest BCUT2D eigenvalue weighted by molar-refractivity contribution is -0.379. The number of hydrogen-bond acceptors (Lipinski definition) is 18. The number of unbranched alkanes of at least 4 members (excludes halogenated alkanes) is 8. The van der Waals surface area contributed by atoms with Crippen LogP contribution in [0.15, 0.2) is 24.3 Å². The maximum absolute atomic E-state index is 12.3. The zero-order valence-corrected chi connectivity index (χ0v) is 33.5. The van der Waals surface area contributed by atoms with Crippen LogP contribution in [-0.2, 0) is 33.2 Å². The summed E-state index contributed by atoms with van der Waals surface area (Å²) in [5.74, 6) is -0.378. The molecule has 3 aliphatic rings. The SMILES string of the molecule is CCCCCCCCC/C=C/CC/C=C/C(O)C(COC1OC(CO)C(OC2OC(CO)C(OC3OC(CO)C(O)C(O)C3O)C(O)C2O)C(O)C1O)NC(=O)CC. The fourth-order valence-corrected chi connectivity index (χ4v) is 6.93. The Morgan fingerprint density at radius 2 is 1.09 bits per heavy atom. The predicted octanol–water partition coefficient (Wildman–Crippen LogP) is -2.26. The molecule has 17 atom stereocenters. The number of amides is 1. The van der Waals surface area contributed by atoms with Crippen LogP contribution in [0.4, 0.5) is 0 Å². The van der Waals surface area contributed by atoms with Gasteiger partial charge in [-0.05, 0) is 25.7 Å². The molecule has 3 aliphatic heterocycles. The van der Waals surface area contributed by atoms with Gasteiger partial charge >= 0.3 is 0 Å². The molecule has 17 unspecified atom stereocenters. The number of rotatable bonds is 25. The third-order valence-corrected chi connectivity index (χ3v) is 10.6. The van der Waals surface area contributed by atoms with Crippen LogP contribution in [0.25, 0.3) is 0 Å². The van der Waals surface area contributed by atoms with E-state index in [0.717, 1.165) is 19.3 Å². The molecule has 0 aromatic rings. The fourth-order valence-electron chi connectivity index (χ4n) is 6.93. The van der Waals surface area contributed by atoms with Crippen molar-refractivity contribution in [2.24, 2.45) is 0 Å². The second-order valence-corrected chi connectivity index (χ2v) is 15.1. The zero-order chi connectivity index (χ0) is 42.8. The van der Waals surface area contributed by atoms with E-state index in [1.54, 1.807) is 13.0 Å². The maximum Gasteiger partial charge on any atom is 0.220 e. The van der Waals surface area contributed by atoms with Crippen molar-refractivity contribution in [3.63, 3.8) is 0 Å². The van der Waals surface area contributed by atoms with Crippen LogP contribution < -0.4 is 5.32 Å². The lowest BCUT2D eigenvalue weighted by Gasteiger charge is -2.48. The summed E-state index contributed by atoms with van der Waals surface area (Å²) in [6, 6.07) is -0.980. The molecule has 0 aromatic heterocycles. The first-order valence-electron chi connectivity index (χ1n) is 20.6. The van der Waals surface area contributed by atoms with Gasteiger partial charge in [0.05, 0.1) is 38.6 Å². The quantitative estimate of drug-likeness (QED) is 0.0341. The summed E-state index contributed by atoms with van der Waals surface area (Å²) >= 11 is 0. The average Bonchev–Trinajstić information content (AvgIpc) is 3.22. The third-order valence-electron chi connectivity index (χ3n) is 10.6. The van der Waals surface area contributed by atoms with Gasteiger partial charge in [0.2, 0.25) is 5.91 Å². The van der Waals surface area contributed by atoms with Crippen LogP contribution in [0.3, 0.4) is 0 Å². The van der Waals surface area contributed by atoms with Gasteiger partial charge in [0.1, 0.15) is 73.2 Å². The molecule has 12 N–H and O–H groups in total. The summed E-state index contributed by atoms with van der Waals surface area (Å²) in [6.45, 7) is 1.03. The Kier molecular flexibility index (Phi) is 23.2. The van der Waals surface area contributed by atoms with Crippen LogP contribution in [-0.4, -0.2) is 193 Å². The molecule has 0 aliphatic carbocycles. The number of allylic oxidation sites excluding steroid dienone is 3. The van der Waals surface area contributed by atoms with Crippen molar-refractivity contribution in [3.8, 4) is 0 Å². The van der Waals surface area contributed by atoms with Gasteiger partial charge in [0.15, 0.2) is 18.9 Å². The first-order valence-corrected chi connectivity index (χ1v) is 20.6. The fraction of sp³-hybridized carbons (Fsp3) is 0.872. The van der Waals surface area contributed by atoms with Crippen molar-refractivity contribution < 1.29 is 89.4 Å². The summed E-state index contributed by atoms with van der Waals surface area (Å²) < 4.78 is 33.6. The molecule has 3 saturated heterocycles. The Bertz CT molecular complexity index is 1190. The molecule has 19 heteroatoms. The van der Waals surface area contributed by atoms with Crippen molar-refractivity contribution in [1.82, 2.24) is 5.32 Å². The molecule has 19 nitrogen and oxygen atoms in total. The Morgan fingerprint density at radius 1 is 0.603 bits per heavy atom.